The second-order valence-electron chi connectivity index (χ2n) is 3.54. The van der Waals surface area contributed by atoms with Crippen LogP contribution in [0.25, 0.3) is 0 Å². The number of hydrogen-bond donors (Lipinski definition) is 1. The first-order chi connectivity index (χ1) is 7.58. The fraction of sp³-hybridized carbons (Fsp3) is 0.273. The standard InChI is InChI=1S/C11H11FN2O2/c1-2-11(9(15)14-10(13)16-11)7-3-5-8(12)6-4-7/h3-6H,2H2,1H3,(H2,13,14,15). The van der Waals surface area contributed by atoms with Crippen molar-refractivity contribution < 1.29 is 13.9 Å². The number of rotatable bonds is 2. The number of nitrogens with two attached hydrogens (primary N) is 1. The van der Waals surface area contributed by atoms with Gasteiger partial charge >= 0.3 is 0 Å². The minimum Gasteiger partial charge on any atom is -0.443 e. The summed E-state index contributed by atoms with van der Waals surface area (Å²) in [6, 6.07) is 5.42. The average Bonchev–Trinajstić information content (AvgIpc) is 2.55. The molecular formula is C11H11FN2O2. The van der Waals surface area contributed by atoms with Gasteiger partial charge < -0.3 is 10.5 Å². The summed E-state index contributed by atoms with van der Waals surface area (Å²) in [4.78, 5) is 15.3. The van der Waals surface area contributed by atoms with Crippen molar-refractivity contribution in [1.29, 1.82) is 0 Å². The molecule has 2 N–H and O–H groups in total. The molecule has 1 aliphatic rings. The van der Waals surface area contributed by atoms with Gasteiger partial charge in [-0.25, -0.2) is 4.39 Å². The minimum absolute atomic E-state index is 0.142. The number of carbonyl (C=O) groups is 1. The Balaban J connectivity index is 2.44. The van der Waals surface area contributed by atoms with Crippen molar-refractivity contribution in [3.8, 4) is 0 Å². The highest BCUT2D eigenvalue weighted by molar-refractivity contribution is 6.01. The van der Waals surface area contributed by atoms with Gasteiger partial charge in [-0.3, -0.25) is 4.79 Å². The molecule has 1 unspecified atom stereocenters. The zero-order valence-corrected chi connectivity index (χ0v) is 8.74. The number of amidine groups is 1. The van der Waals surface area contributed by atoms with Crippen LogP contribution in [-0.4, -0.2) is 11.9 Å². The van der Waals surface area contributed by atoms with Crippen molar-refractivity contribution in [3.63, 3.8) is 0 Å². The lowest BCUT2D eigenvalue weighted by Crippen LogP contribution is -2.34. The number of halogens is 1. The third kappa shape index (κ3) is 1.44. The van der Waals surface area contributed by atoms with E-state index in [2.05, 4.69) is 4.99 Å². The molecule has 0 aromatic heterocycles. The first-order valence-corrected chi connectivity index (χ1v) is 4.92. The lowest BCUT2D eigenvalue weighted by atomic mass is 9.90. The summed E-state index contributed by atoms with van der Waals surface area (Å²) in [6.07, 6.45) is 0.391. The van der Waals surface area contributed by atoms with Crippen LogP contribution in [0.2, 0.25) is 0 Å². The lowest BCUT2D eigenvalue weighted by molar-refractivity contribution is -0.131. The summed E-state index contributed by atoms with van der Waals surface area (Å²) < 4.78 is 18.1. The molecule has 1 heterocycles. The third-order valence-electron chi connectivity index (χ3n) is 2.64. The van der Waals surface area contributed by atoms with Crippen LogP contribution in [0.4, 0.5) is 4.39 Å². The molecule has 0 saturated carbocycles. The van der Waals surface area contributed by atoms with E-state index in [0.29, 0.717) is 12.0 Å². The molecule has 0 fully saturated rings. The van der Waals surface area contributed by atoms with Crippen molar-refractivity contribution in [2.24, 2.45) is 10.7 Å². The molecule has 1 amide bonds. The summed E-state index contributed by atoms with van der Waals surface area (Å²) in [7, 11) is 0. The van der Waals surface area contributed by atoms with Crippen LogP contribution in [0.15, 0.2) is 29.3 Å². The highest BCUT2D eigenvalue weighted by atomic mass is 19.1. The van der Waals surface area contributed by atoms with Crippen molar-refractivity contribution in [3.05, 3.63) is 35.6 Å². The third-order valence-corrected chi connectivity index (χ3v) is 2.64. The zero-order valence-electron chi connectivity index (χ0n) is 8.74. The topological polar surface area (TPSA) is 64.7 Å². The van der Waals surface area contributed by atoms with Crippen molar-refractivity contribution >= 4 is 11.9 Å². The van der Waals surface area contributed by atoms with Crippen LogP contribution >= 0.6 is 0 Å². The zero-order chi connectivity index (χ0) is 11.8. The summed E-state index contributed by atoms with van der Waals surface area (Å²) in [5.41, 5.74) is 4.75. The van der Waals surface area contributed by atoms with Gasteiger partial charge in [-0.2, -0.15) is 4.99 Å². The number of carbonyl (C=O) groups excluding carboxylic acids is 1. The van der Waals surface area contributed by atoms with Gasteiger partial charge in [-0.05, 0) is 18.6 Å². The number of ether oxygens (including phenoxy) is 1. The maximum Gasteiger partial charge on any atom is 0.299 e. The molecule has 0 saturated heterocycles. The molecule has 4 nitrogen and oxygen atoms in total. The molecule has 5 heteroatoms. The Labute approximate surface area is 91.9 Å². The van der Waals surface area contributed by atoms with Gasteiger partial charge in [-0.1, -0.05) is 19.1 Å². The predicted molar refractivity (Wildman–Crippen MR) is 56.1 cm³/mol. The van der Waals surface area contributed by atoms with E-state index in [4.69, 9.17) is 10.5 Å². The Kier molecular flexibility index (Phi) is 2.38. The quantitative estimate of drug-likeness (QED) is 0.820. The van der Waals surface area contributed by atoms with E-state index in [1.807, 2.05) is 0 Å². The Morgan fingerprint density at radius 2 is 2.06 bits per heavy atom. The van der Waals surface area contributed by atoms with Crippen LogP contribution < -0.4 is 5.73 Å². The highest BCUT2D eigenvalue weighted by Gasteiger charge is 2.46. The SMILES string of the molecule is CCC1(c2ccc(F)cc2)OC(N)=NC1=O. The van der Waals surface area contributed by atoms with Crippen LogP contribution in [0, 0.1) is 5.82 Å². The summed E-state index contributed by atoms with van der Waals surface area (Å²) in [5.74, 6) is -0.812. The molecule has 16 heavy (non-hydrogen) atoms. The Morgan fingerprint density at radius 1 is 1.44 bits per heavy atom. The van der Waals surface area contributed by atoms with E-state index < -0.39 is 11.5 Å². The smallest absolute Gasteiger partial charge is 0.299 e. The lowest BCUT2D eigenvalue weighted by Gasteiger charge is -2.24. The van der Waals surface area contributed by atoms with Gasteiger partial charge in [0.1, 0.15) is 5.82 Å². The largest absolute Gasteiger partial charge is 0.443 e. The number of amides is 1. The van der Waals surface area contributed by atoms with Crippen LogP contribution in [0.3, 0.4) is 0 Å². The first-order valence-electron chi connectivity index (χ1n) is 4.92. The monoisotopic (exact) mass is 222 g/mol. The summed E-state index contributed by atoms with van der Waals surface area (Å²) >= 11 is 0. The van der Waals surface area contributed by atoms with Crippen LogP contribution in [0.5, 0.6) is 0 Å². The van der Waals surface area contributed by atoms with E-state index in [0.717, 1.165) is 0 Å². The summed E-state index contributed by atoms with van der Waals surface area (Å²) in [6.45, 7) is 1.79. The van der Waals surface area contributed by atoms with E-state index in [-0.39, 0.29) is 11.8 Å². The number of benzene rings is 1. The molecule has 0 radical (unpaired) electrons. The number of nitrogens with zero attached hydrogens (tertiary/aromatic N) is 1. The molecule has 1 atom stereocenters. The van der Waals surface area contributed by atoms with E-state index in [1.54, 1.807) is 6.92 Å². The predicted octanol–water partition coefficient (Wildman–Crippen LogP) is 1.30. The van der Waals surface area contributed by atoms with E-state index >= 15 is 0 Å². The maximum atomic E-state index is 12.8. The Morgan fingerprint density at radius 3 is 2.50 bits per heavy atom. The van der Waals surface area contributed by atoms with Crippen molar-refractivity contribution in [2.45, 2.75) is 18.9 Å². The first kappa shape index (κ1) is 10.6. The van der Waals surface area contributed by atoms with Gasteiger partial charge in [0.2, 0.25) is 5.60 Å². The number of aliphatic imine (C=N–C) groups is 1. The van der Waals surface area contributed by atoms with E-state index in [1.165, 1.54) is 24.3 Å². The normalized spacial score (nSPS) is 24.1. The van der Waals surface area contributed by atoms with Gasteiger partial charge in [0.05, 0.1) is 0 Å². The van der Waals surface area contributed by atoms with Crippen molar-refractivity contribution in [2.75, 3.05) is 0 Å². The van der Waals surface area contributed by atoms with Crippen LogP contribution in [0.1, 0.15) is 18.9 Å². The molecule has 1 aromatic rings. The minimum atomic E-state index is -1.18. The van der Waals surface area contributed by atoms with Gasteiger partial charge in [0, 0.05) is 5.56 Å². The number of hydrogen-bond acceptors (Lipinski definition) is 3. The van der Waals surface area contributed by atoms with E-state index in [9.17, 15) is 9.18 Å². The van der Waals surface area contributed by atoms with Crippen LogP contribution in [-0.2, 0) is 15.1 Å². The Bertz CT molecular complexity index is 456. The fourth-order valence-corrected chi connectivity index (χ4v) is 1.76. The molecule has 0 bridgehead atoms. The molecule has 1 aliphatic heterocycles. The second kappa shape index (κ2) is 3.59. The van der Waals surface area contributed by atoms with Crippen molar-refractivity contribution in [1.82, 2.24) is 0 Å². The average molecular weight is 222 g/mol. The van der Waals surface area contributed by atoms with Gasteiger partial charge in [-0.15, -0.1) is 0 Å². The molecule has 0 spiro atoms. The fourth-order valence-electron chi connectivity index (χ4n) is 1.76. The molecule has 84 valence electrons. The summed E-state index contributed by atoms with van der Waals surface area (Å²) in [5, 5.41) is 0. The molecule has 0 aliphatic carbocycles. The Hall–Kier alpha value is -1.91. The molecule has 1 aromatic carbocycles. The maximum absolute atomic E-state index is 12.8. The highest BCUT2D eigenvalue weighted by Crippen LogP contribution is 2.34. The van der Waals surface area contributed by atoms with Gasteiger partial charge in [0.25, 0.3) is 11.9 Å². The molecule has 2 rings (SSSR count). The molecular weight excluding hydrogens is 211 g/mol. The second-order valence-corrected chi connectivity index (χ2v) is 3.54. The van der Waals surface area contributed by atoms with Gasteiger partial charge in [0.15, 0.2) is 0 Å².